The molecule has 0 saturated heterocycles. The fraction of sp³-hybridized carbons (Fsp3) is 0.571. The molecule has 0 aromatic heterocycles. The molecule has 1 nitrogen and oxygen atoms in total. The maximum Gasteiger partial charge on any atom is 0.124 e. The van der Waals surface area contributed by atoms with E-state index in [1.807, 2.05) is 24.9 Å². The van der Waals surface area contributed by atoms with Gasteiger partial charge in [-0.2, -0.15) is 11.8 Å². The molecule has 0 spiro atoms. The second-order valence-corrected chi connectivity index (χ2v) is 6.80. The van der Waals surface area contributed by atoms with E-state index in [2.05, 4.69) is 35.1 Å². The van der Waals surface area contributed by atoms with Gasteiger partial charge in [-0.15, -0.1) is 0 Å². The number of thioether (sulfide) groups is 1. The summed E-state index contributed by atoms with van der Waals surface area (Å²) in [4.78, 5) is 0. The number of halogens is 2. The van der Waals surface area contributed by atoms with Crippen LogP contribution in [0.4, 0.5) is 4.39 Å². The van der Waals surface area contributed by atoms with Crippen molar-refractivity contribution in [3.63, 3.8) is 0 Å². The highest BCUT2D eigenvalue weighted by Crippen LogP contribution is 2.21. The molecule has 102 valence electrons. The molecule has 0 radical (unpaired) electrons. The highest BCUT2D eigenvalue weighted by molar-refractivity contribution is 9.10. The predicted octanol–water partition coefficient (Wildman–Crippen LogP) is 4.25. The molecule has 0 bridgehead atoms. The van der Waals surface area contributed by atoms with E-state index in [0.29, 0.717) is 11.3 Å². The summed E-state index contributed by atoms with van der Waals surface area (Å²) >= 11 is 5.41. The predicted molar refractivity (Wildman–Crippen MR) is 82.9 cm³/mol. The summed E-state index contributed by atoms with van der Waals surface area (Å²) in [5.41, 5.74) is 1.15. The molecule has 2 unspecified atom stereocenters. The molecular formula is C14H21BrFNS. The smallest absolute Gasteiger partial charge is 0.124 e. The van der Waals surface area contributed by atoms with Crippen LogP contribution < -0.4 is 5.32 Å². The summed E-state index contributed by atoms with van der Waals surface area (Å²) in [7, 11) is 1.99. The molecule has 0 aliphatic rings. The van der Waals surface area contributed by atoms with Crippen molar-refractivity contribution < 1.29 is 4.39 Å². The Bertz CT molecular complexity index is 373. The molecule has 0 amide bonds. The Morgan fingerprint density at radius 2 is 2.17 bits per heavy atom. The zero-order valence-corrected chi connectivity index (χ0v) is 13.6. The third-order valence-corrected chi connectivity index (χ3v) is 5.28. The molecule has 0 fully saturated rings. The van der Waals surface area contributed by atoms with Crippen LogP contribution in [0.25, 0.3) is 0 Å². The molecule has 18 heavy (non-hydrogen) atoms. The third-order valence-electron chi connectivity index (χ3n) is 3.05. The van der Waals surface area contributed by atoms with Gasteiger partial charge in [0.05, 0.1) is 0 Å². The lowest BCUT2D eigenvalue weighted by Gasteiger charge is -2.18. The number of benzene rings is 1. The van der Waals surface area contributed by atoms with Crippen molar-refractivity contribution in [2.24, 2.45) is 0 Å². The van der Waals surface area contributed by atoms with Crippen LogP contribution in [0.2, 0.25) is 0 Å². The fourth-order valence-corrected chi connectivity index (χ4v) is 3.19. The Kier molecular flexibility index (Phi) is 7.27. The Morgan fingerprint density at radius 1 is 1.44 bits per heavy atom. The van der Waals surface area contributed by atoms with Gasteiger partial charge in [-0.3, -0.25) is 0 Å². The number of hydrogen-bond donors (Lipinski definition) is 1. The first-order chi connectivity index (χ1) is 8.56. The average Bonchev–Trinajstić information content (AvgIpc) is 2.36. The van der Waals surface area contributed by atoms with E-state index in [1.165, 1.54) is 18.6 Å². The average molecular weight is 334 g/mol. The topological polar surface area (TPSA) is 12.0 Å². The standard InChI is InChI=1S/C14H21BrFNS/c1-4-10(2)18-9-13(17-3)7-11-5-6-12(16)8-14(11)15/h5-6,8,10,13,17H,4,7,9H2,1-3H3. The van der Waals surface area contributed by atoms with Gasteiger partial charge in [0, 0.05) is 21.5 Å². The van der Waals surface area contributed by atoms with Crippen molar-refractivity contribution in [1.82, 2.24) is 5.32 Å². The van der Waals surface area contributed by atoms with Gasteiger partial charge in [-0.25, -0.2) is 4.39 Å². The molecule has 1 aromatic rings. The summed E-state index contributed by atoms with van der Waals surface area (Å²) in [5, 5.41) is 4.03. The summed E-state index contributed by atoms with van der Waals surface area (Å²) in [6, 6.07) is 5.33. The number of rotatable bonds is 7. The van der Waals surface area contributed by atoms with Gasteiger partial charge < -0.3 is 5.32 Å². The Labute approximate surface area is 122 Å². The number of nitrogens with one attached hydrogen (secondary N) is 1. The minimum Gasteiger partial charge on any atom is -0.316 e. The molecule has 4 heteroatoms. The first-order valence-corrected chi connectivity index (χ1v) is 8.13. The van der Waals surface area contributed by atoms with Crippen LogP contribution in [-0.2, 0) is 6.42 Å². The molecule has 1 N–H and O–H groups in total. The van der Waals surface area contributed by atoms with Gasteiger partial charge >= 0.3 is 0 Å². The normalized spacial score (nSPS) is 14.5. The summed E-state index contributed by atoms with van der Waals surface area (Å²) in [6.07, 6.45) is 2.11. The van der Waals surface area contributed by atoms with Crippen LogP contribution in [-0.4, -0.2) is 24.1 Å². The van der Waals surface area contributed by atoms with E-state index in [-0.39, 0.29) is 5.82 Å². The SMILES string of the molecule is CCC(C)SCC(Cc1ccc(F)cc1Br)NC. The van der Waals surface area contributed by atoms with Crippen molar-refractivity contribution in [1.29, 1.82) is 0 Å². The van der Waals surface area contributed by atoms with Crippen LogP contribution in [0.15, 0.2) is 22.7 Å². The fourth-order valence-electron chi connectivity index (χ4n) is 1.60. The second kappa shape index (κ2) is 8.18. The largest absolute Gasteiger partial charge is 0.316 e. The zero-order valence-electron chi connectivity index (χ0n) is 11.2. The maximum atomic E-state index is 13.0. The zero-order chi connectivity index (χ0) is 13.5. The van der Waals surface area contributed by atoms with Crippen molar-refractivity contribution in [2.75, 3.05) is 12.8 Å². The first-order valence-electron chi connectivity index (χ1n) is 6.29. The van der Waals surface area contributed by atoms with Gasteiger partial charge in [0.2, 0.25) is 0 Å². The third kappa shape index (κ3) is 5.29. The molecular weight excluding hydrogens is 313 g/mol. The summed E-state index contributed by atoms with van der Waals surface area (Å²) in [6.45, 7) is 4.47. The van der Waals surface area contributed by atoms with Gasteiger partial charge in [0.1, 0.15) is 5.82 Å². The first kappa shape index (κ1) is 16.0. The van der Waals surface area contributed by atoms with Crippen molar-refractivity contribution in [3.8, 4) is 0 Å². The Balaban J connectivity index is 2.56. The van der Waals surface area contributed by atoms with E-state index < -0.39 is 0 Å². The minimum atomic E-state index is -0.194. The van der Waals surface area contributed by atoms with Crippen LogP contribution in [0, 0.1) is 5.82 Å². The Hall–Kier alpha value is -0.0600. The van der Waals surface area contributed by atoms with E-state index in [1.54, 1.807) is 0 Å². The van der Waals surface area contributed by atoms with Gasteiger partial charge in [-0.1, -0.05) is 35.8 Å². The van der Waals surface area contributed by atoms with E-state index in [4.69, 9.17) is 0 Å². The van der Waals surface area contributed by atoms with Crippen LogP contribution in [0.5, 0.6) is 0 Å². The summed E-state index contributed by atoms with van der Waals surface area (Å²) in [5.74, 6) is 0.885. The van der Waals surface area contributed by atoms with Crippen LogP contribution in [0.3, 0.4) is 0 Å². The van der Waals surface area contributed by atoms with Crippen LogP contribution >= 0.6 is 27.7 Å². The Morgan fingerprint density at radius 3 is 2.72 bits per heavy atom. The molecule has 1 rings (SSSR count). The highest BCUT2D eigenvalue weighted by atomic mass is 79.9. The lowest BCUT2D eigenvalue weighted by Crippen LogP contribution is -2.30. The van der Waals surface area contributed by atoms with Crippen LogP contribution in [0.1, 0.15) is 25.8 Å². The van der Waals surface area contributed by atoms with Gasteiger partial charge in [-0.05, 0) is 37.6 Å². The molecule has 0 aliphatic heterocycles. The highest BCUT2D eigenvalue weighted by Gasteiger charge is 2.11. The van der Waals surface area contributed by atoms with Crippen molar-refractivity contribution in [2.45, 2.75) is 38.0 Å². The number of likely N-dealkylation sites (N-methyl/N-ethyl adjacent to an activating group) is 1. The quantitative estimate of drug-likeness (QED) is 0.800. The minimum absolute atomic E-state index is 0.194. The lowest BCUT2D eigenvalue weighted by molar-refractivity contribution is 0.607. The molecule has 0 heterocycles. The maximum absolute atomic E-state index is 13.0. The molecule has 2 atom stereocenters. The number of hydrogen-bond acceptors (Lipinski definition) is 2. The summed E-state index contributed by atoms with van der Waals surface area (Å²) < 4.78 is 13.9. The van der Waals surface area contributed by atoms with Gasteiger partial charge in [0.25, 0.3) is 0 Å². The van der Waals surface area contributed by atoms with E-state index in [0.717, 1.165) is 22.2 Å². The molecule has 0 aliphatic carbocycles. The molecule has 1 aromatic carbocycles. The second-order valence-electron chi connectivity index (χ2n) is 4.48. The molecule has 0 saturated carbocycles. The van der Waals surface area contributed by atoms with E-state index in [9.17, 15) is 4.39 Å². The lowest BCUT2D eigenvalue weighted by atomic mass is 10.1. The van der Waals surface area contributed by atoms with Crippen molar-refractivity contribution in [3.05, 3.63) is 34.1 Å². The monoisotopic (exact) mass is 333 g/mol. The van der Waals surface area contributed by atoms with E-state index >= 15 is 0 Å². The van der Waals surface area contributed by atoms with Crippen molar-refractivity contribution >= 4 is 27.7 Å². The van der Waals surface area contributed by atoms with Gasteiger partial charge in [0.15, 0.2) is 0 Å².